The van der Waals surface area contributed by atoms with Gasteiger partial charge in [0.05, 0.1) is 0 Å². The van der Waals surface area contributed by atoms with Crippen molar-refractivity contribution in [3.63, 3.8) is 0 Å². The molecule has 0 aromatic carbocycles. The topological polar surface area (TPSA) is 81.3 Å². The van der Waals surface area contributed by atoms with Gasteiger partial charge in [-0.2, -0.15) is 0 Å². The van der Waals surface area contributed by atoms with E-state index in [0.717, 1.165) is 17.5 Å². The van der Waals surface area contributed by atoms with Crippen molar-refractivity contribution in [3.8, 4) is 11.1 Å². The van der Waals surface area contributed by atoms with E-state index in [9.17, 15) is 9.59 Å². The number of carbonyl (C=O) groups excluding carboxylic acids is 1. The summed E-state index contributed by atoms with van der Waals surface area (Å²) < 4.78 is 0. The van der Waals surface area contributed by atoms with E-state index in [0.29, 0.717) is 37.9 Å². The zero-order valence-electron chi connectivity index (χ0n) is 18.0. The lowest BCUT2D eigenvalue weighted by molar-refractivity contribution is -0.125. The van der Waals surface area contributed by atoms with E-state index in [2.05, 4.69) is 34.0 Å². The van der Waals surface area contributed by atoms with Crippen LogP contribution < -0.4 is 15.8 Å². The van der Waals surface area contributed by atoms with Gasteiger partial charge in [0, 0.05) is 68.5 Å². The van der Waals surface area contributed by atoms with Gasteiger partial charge in [-0.15, -0.1) is 0 Å². The van der Waals surface area contributed by atoms with Gasteiger partial charge in [0.2, 0.25) is 5.91 Å². The fourth-order valence-corrected chi connectivity index (χ4v) is 3.79. The normalized spacial score (nSPS) is 16.5. The van der Waals surface area contributed by atoms with Crippen molar-refractivity contribution in [2.75, 3.05) is 31.1 Å². The van der Waals surface area contributed by atoms with Crippen molar-refractivity contribution in [2.45, 2.75) is 39.3 Å². The number of hydrogen-bond acceptors (Lipinski definition) is 5. The number of nitrogens with one attached hydrogen (secondary N) is 2. The highest BCUT2D eigenvalue weighted by atomic mass is 16.2. The second-order valence-corrected chi connectivity index (χ2v) is 7.82. The van der Waals surface area contributed by atoms with E-state index in [1.54, 1.807) is 24.7 Å². The van der Waals surface area contributed by atoms with Crippen LogP contribution in [0.5, 0.6) is 0 Å². The lowest BCUT2D eigenvalue weighted by atomic mass is 10.1. The number of rotatable bonds is 8. The van der Waals surface area contributed by atoms with Crippen LogP contribution in [0.2, 0.25) is 0 Å². The number of hydrogen-bond donors (Lipinski definition) is 2. The highest BCUT2D eigenvalue weighted by Gasteiger charge is 2.30. The monoisotopic (exact) mass is 409 g/mol. The first-order valence-electron chi connectivity index (χ1n) is 10.6. The maximum absolute atomic E-state index is 12.6. The summed E-state index contributed by atoms with van der Waals surface area (Å²) in [6.45, 7) is 8.89. The van der Waals surface area contributed by atoms with Crippen LogP contribution in [-0.4, -0.2) is 59.0 Å². The molecule has 0 spiro atoms. The first-order chi connectivity index (χ1) is 14.5. The van der Waals surface area contributed by atoms with Gasteiger partial charge in [-0.25, -0.2) is 0 Å². The third-order valence-corrected chi connectivity index (χ3v) is 5.37. The van der Waals surface area contributed by atoms with Crippen molar-refractivity contribution < 1.29 is 4.79 Å². The molecule has 0 aliphatic carbocycles. The highest BCUT2D eigenvalue weighted by molar-refractivity contribution is 5.88. The molecule has 7 heteroatoms. The summed E-state index contributed by atoms with van der Waals surface area (Å²) in [6, 6.07) is 6.28. The zero-order chi connectivity index (χ0) is 21.5. The van der Waals surface area contributed by atoms with Crippen LogP contribution in [0.1, 0.15) is 27.2 Å². The number of aromatic amines is 1. The molecule has 7 nitrogen and oxygen atoms in total. The van der Waals surface area contributed by atoms with Crippen molar-refractivity contribution in [1.82, 2.24) is 20.2 Å². The fourth-order valence-electron chi connectivity index (χ4n) is 3.79. The molecular formula is C23H31N5O2. The number of likely N-dealkylation sites (tertiary alicyclic amines) is 1. The molecule has 0 radical (unpaired) electrons. The largest absolute Gasteiger partial charge is 0.363 e. The predicted molar refractivity (Wildman–Crippen MR) is 121 cm³/mol. The summed E-state index contributed by atoms with van der Waals surface area (Å²) in [4.78, 5) is 36.0. The van der Waals surface area contributed by atoms with Gasteiger partial charge in [0.25, 0.3) is 5.56 Å². The van der Waals surface area contributed by atoms with Gasteiger partial charge in [0.1, 0.15) is 5.69 Å². The third-order valence-electron chi connectivity index (χ3n) is 5.37. The molecule has 0 bridgehead atoms. The molecule has 1 atom stereocenters. The minimum atomic E-state index is -0.112. The van der Waals surface area contributed by atoms with Gasteiger partial charge >= 0.3 is 0 Å². The summed E-state index contributed by atoms with van der Waals surface area (Å²) in [6.07, 6.45) is 9.57. The number of aromatic nitrogens is 2. The van der Waals surface area contributed by atoms with Gasteiger partial charge in [-0.05, 0) is 37.1 Å². The fraction of sp³-hybridized carbons (Fsp3) is 0.435. The van der Waals surface area contributed by atoms with Crippen LogP contribution in [0.15, 0.2) is 53.7 Å². The molecule has 0 saturated carbocycles. The molecule has 2 N–H and O–H groups in total. The van der Waals surface area contributed by atoms with Crippen molar-refractivity contribution >= 4 is 11.6 Å². The van der Waals surface area contributed by atoms with E-state index >= 15 is 0 Å². The molecule has 160 valence electrons. The molecule has 1 saturated heterocycles. The predicted octanol–water partition coefficient (Wildman–Crippen LogP) is 2.42. The van der Waals surface area contributed by atoms with Gasteiger partial charge in [-0.3, -0.25) is 14.6 Å². The Labute approximate surface area is 177 Å². The molecule has 2 aromatic heterocycles. The average Bonchev–Trinajstić information content (AvgIpc) is 3.23. The Hall–Kier alpha value is -2.93. The van der Waals surface area contributed by atoms with Crippen LogP contribution in [0.25, 0.3) is 11.1 Å². The zero-order valence-corrected chi connectivity index (χ0v) is 18.0. The average molecular weight is 410 g/mol. The Kier molecular flexibility index (Phi) is 7.41. The summed E-state index contributed by atoms with van der Waals surface area (Å²) >= 11 is 0. The standard InChI is InChI=1S/C23H31N5O2/c1-4-28(20-9-13-27(16-20)22(29)6-5-10-25-17(2)3)21-14-19(15-26-23(21)30)18-7-11-24-12-8-18/h5-8,11-12,14-15,17,20,25H,4,9-10,13,16H2,1-3H3,(H,26,30)/b6-5+. The first kappa shape index (κ1) is 21.8. The second-order valence-electron chi connectivity index (χ2n) is 7.82. The van der Waals surface area contributed by atoms with Crippen molar-refractivity contribution in [3.05, 3.63) is 59.3 Å². The first-order valence-corrected chi connectivity index (χ1v) is 10.6. The Balaban J connectivity index is 1.71. The highest BCUT2D eigenvalue weighted by Crippen LogP contribution is 2.25. The van der Waals surface area contributed by atoms with E-state index in [1.807, 2.05) is 36.1 Å². The van der Waals surface area contributed by atoms with E-state index < -0.39 is 0 Å². The maximum Gasteiger partial charge on any atom is 0.271 e. The van der Waals surface area contributed by atoms with Crippen LogP contribution in [0.3, 0.4) is 0 Å². The van der Waals surface area contributed by atoms with Gasteiger partial charge in [-0.1, -0.05) is 19.9 Å². The lowest BCUT2D eigenvalue weighted by Gasteiger charge is -2.29. The molecular weight excluding hydrogens is 378 g/mol. The SMILES string of the molecule is CCN(c1cc(-c2ccncc2)c[nH]c1=O)C1CCN(C(=O)/C=C/CNC(C)C)C1. The molecule has 1 unspecified atom stereocenters. The molecule has 1 fully saturated rings. The molecule has 3 rings (SSSR count). The molecule has 1 aliphatic rings. The van der Waals surface area contributed by atoms with E-state index in [1.165, 1.54) is 0 Å². The molecule has 2 aromatic rings. The second kappa shape index (κ2) is 10.2. The summed E-state index contributed by atoms with van der Waals surface area (Å²) in [5, 5.41) is 3.27. The number of carbonyl (C=O) groups is 1. The van der Waals surface area contributed by atoms with Crippen molar-refractivity contribution in [1.29, 1.82) is 0 Å². The van der Waals surface area contributed by atoms with Gasteiger partial charge in [0.15, 0.2) is 0 Å². The van der Waals surface area contributed by atoms with Crippen LogP contribution in [-0.2, 0) is 4.79 Å². The lowest BCUT2D eigenvalue weighted by Crippen LogP contribution is -2.41. The number of amides is 1. The van der Waals surface area contributed by atoms with E-state index in [4.69, 9.17) is 0 Å². The number of H-pyrrole nitrogens is 1. The summed E-state index contributed by atoms with van der Waals surface area (Å²) in [5.74, 6) is 0.0264. The number of anilines is 1. The Bertz CT molecular complexity index is 923. The minimum absolute atomic E-state index is 0.0264. The van der Waals surface area contributed by atoms with Crippen molar-refractivity contribution in [2.24, 2.45) is 0 Å². The Morgan fingerprint density at radius 2 is 2.13 bits per heavy atom. The molecule has 1 amide bonds. The van der Waals surface area contributed by atoms with Crippen LogP contribution in [0.4, 0.5) is 5.69 Å². The smallest absolute Gasteiger partial charge is 0.271 e. The minimum Gasteiger partial charge on any atom is -0.363 e. The quantitative estimate of drug-likeness (QED) is 0.655. The maximum atomic E-state index is 12.6. The molecule has 30 heavy (non-hydrogen) atoms. The number of pyridine rings is 2. The van der Waals surface area contributed by atoms with Gasteiger partial charge < -0.3 is 20.1 Å². The summed E-state index contributed by atoms with van der Waals surface area (Å²) in [5.41, 5.74) is 2.47. The van der Waals surface area contributed by atoms with Crippen LogP contribution in [0, 0.1) is 0 Å². The molecule has 1 aliphatic heterocycles. The number of nitrogens with zero attached hydrogens (tertiary/aromatic N) is 3. The number of likely N-dealkylation sites (N-methyl/N-ethyl adjacent to an activating group) is 1. The molecule has 3 heterocycles. The van der Waals surface area contributed by atoms with E-state index in [-0.39, 0.29) is 17.5 Å². The van der Waals surface area contributed by atoms with Crippen LogP contribution >= 0.6 is 0 Å². The summed E-state index contributed by atoms with van der Waals surface area (Å²) in [7, 11) is 0. The Morgan fingerprint density at radius 3 is 2.83 bits per heavy atom. The third kappa shape index (κ3) is 5.36. The Morgan fingerprint density at radius 1 is 1.37 bits per heavy atom.